The van der Waals surface area contributed by atoms with Crippen molar-refractivity contribution in [3.8, 4) is 0 Å². The third-order valence-electron chi connectivity index (χ3n) is 4.61. The van der Waals surface area contributed by atoms with Crippen molar-refractivity contribution < 1.29 is 18.0 Å². The van der Waals surface area contributed by atoms with Gasteiger partial charge in [-0.15, -0.1) is 11.3 Å². The zero-order valence-electron chi connectivity index (χ0n) is 13.5. The quantitative estimate of drug-likeness (QED) is 0.839. The van der Waals surface area contributed by atoms with Crippen LogP contribution < -0.4 is 5.32 Å². The number of nitrogens with zero attached hydrogens (tertiary/aromatic N) is 3. The van der Waals surface area contributed by atoms with E-state index in [2.05, 4.69) is 15.4 Å². The second kappa shape index (κ2) is 6.17. The van der Waals surface area contributed by atoms with Gasteiger partial charge in [0.25, 0.3) is 5.91 Å². The van der Waals surface area contributed by atoms with Crippen molar-refractivity contribution in [2.75, 3.05) is 16.8 Å². The fourth-order valence-corrected chi connectivity index (χ4v) is 5.55. The molecule has 134 valence electrons. The normalized spacial score (nSPS) is 25.8. The first-order valence-electron chi connectivity index (χ1n) is 8.28. The number of aromatic nitrogens is 1. The molecule has 10 heteroatoms. The number of anilines is 1. The van der Waals surface area contributed by atoms with Crippen LogP contribution in [0.3, 0.4) is 0 Å². The van der Waals surface area contributed by atoms with Crippen molar-refractivity contribution >= 4 is 43.8 Å². The van der Waals surface area contributed by atoms with Crippen molar-refractivity contribution in [1.29, 1.82) is 0 Å². The van der Waals surface area contributed by atoms with Gasteiger partial charge in [0.15, 0.2) is 15.0 Å². The number of carbonyl (C=O) groups excluding carboxylic acids is 2. The molecule has 1 aliphatic carbocycles. The van der Waals surface area contributed by atoms with Gasteiger partial charge in [0.1, 0.15) is 5.71 Å². The highest BCUT2D eigenvalue weighted by molar-refractivity contribution is 7.91. The smallest absolute Gasteiger partial charge is 0.273 e. The number of hydrazone groups is 1. The molecule has 3 aliphatic rings. The minimum atomic E-state index is -3.13. The van der Waals surface area contributed by atoms with E-state index in [0.717, 1.165) is 18.5 Å². The lowest BCUT2D eigenvalue weighted by Crippen LogP contribution is -2.42. The Morgan fingerprint density at radius 3 is 2.76 bits per heavy atom. The summed E-state index contributed by atoms with van der Waals surface area (Å²) in [5.41, 5.74) is 1.26. The summed E-state index contributed by atoms with van der Waals surface area (Å²) in [5, 5.41) is 10.6. The third-order valence-corrected chi connectivity index (χ3v) is 7.14. The number of amides is 2. The van der Waals surface area contributed by atoms with Crippen LogP contribution in [0, 0.1) is 0 Å². The van der Waals surface area contributed by atoms with Crippen molar-refractivity contribution in [2.45, 2.75) is 44.1 Å². The highest BCUT2D eigenvalue weighted by Gasteiger charge is 2.37. The Balaban J connectivity index is 1.47. The van der Waals surface area contributed by atoms with Gasteiger partial charge in [0.05, 0.1) is 23.2 Å². The maximum atomic E-state index is 12.4. The number of hydrogen-bond acceptors (Lipinski definition) is 7. The van der Waals surface area contributed by atoms with E-state index >= 15 is 0 Å². The number of nitrogens with one attached hydrogen (secondary N) is 1. The van der Waals surface area contributed by atoms with Crippen LogP contribution in [0.1, 0.15) is 43.7 Å². The molecular formula is C15H18N4O4S2. The summed E-state index contributed by atoms with van der Waals surface area (Å²) >= 11 is 1.38. The molecule has 25 heavy (non-hydrogen) atoms. The fraction of sp³-hybridized carbons (Fsp3) is 0.600. The molecule has 0 unspecified atom stereocenters. The average molecular weight is 382 g/mol. The van der Waals surface area contributed by atoms with Gasteiger partial charge in [0.2, 0.25) is 5.91 Å². The molecule has 2 aliphatic heterocycles. The largest absolute Gasteiger partial charge is 0.297 e. The minimum Gasteiger partial charge on any atom is -0.297 e. The maximum Gasteiger partial charge on any atom is 0.273 e. The van der Waals surface area contributed by atoms with Crippen molar-refractivity contribution in [1.82, 2.24) is 9.99 Å². The van der Waals surface area contributed by atoms with Crippen LogP contribution >= 0.6 is 11.3 Å². The molecule has 1 N–H and O–H groups in total. The van der Waals surface area contributed by atoms with Gasteiger partial charge in [-0.3, -0.25) is 14.9 Å². The predicted octanol–water partition coefficient (Wildman–Crippen LogP) is 1.12. The lowest BCUT2D eigenvalue weighted by atomic mass is 10.1. The molecule has 0 spiro atoms. The molecule has 0 bridgehead atoms. The molecule has 8 nitrogen and oxygen atoms in total. The first-order valence-corrected chi connectivity index (χ1v) is 11.0. The minimum absolute atomic E-state index is 0.0571. The van der Waals surface area contributed by atoms with E-state index in [4.69, 9.17) is 0 Å². The summed E-state index contributed by atoms with van der Waals surface area (Å²) in [6.07, 6.45) is 3.07. The Hall–Kier alpha value is -1.81. The topological polar surface area (TPSA) is 109 Å². The molecule has 1 aromatic rings. The highest BCUT2D eigenvalue weighted by atomic mass is 32.2. The van der Waals surface area contributed by atoms with Gasteiger partial charge in [-0.05, 0) is 19.3 Å². The number of hydrogen-bond donors (Lipinski definition) is 1. The van der Waals surface area contributed by atoms with Crippen molar-refractivity contribution in [3.05, 3.63) is 11.1 Å². The molecular weight excluding hydrogens is 364 g/mol. The molecule has 1 aromatic heterocycles. The Labute approximate surface area is 149 Å². The third kappa shape index (κ3) is 3.59. The van der Waals surface area contributed by atoms with Gasteiger partial charge in [-0.2, -0.15) is 5.10 Å². The average Bonchev–Trinajstić information content (AvgIpc) is 3.21. The summed E-state index contributed by atoms with van der Waals surface area (Å²) in [6, 6.07) is -0.470. The van der Waals surface area contributed by atoms with Gasteiger partial charge in [-0.25, -0.2) is 18.4 Å². The van der Waals surface area contributed by atoms with E-state index in [1.807, 2.05) is 5.38 Å². The summed E-state index contributed by atoms with van der Waals surface area (Å²) in [4.78, 5) is 28.9. The van der Waals surface area contributed by atoms with Crippen LogP contribution in [0.4, 0.5) is 5.13 Å². The number of rotatable bonds is 4. The van der Waals surface area contributed by atoms with E-state index in [9.17, 15) is 18.0 Å². The summed E-state index contributed by atoms with van der Waals surface area (Å²) < 4.78 is 23.3. The molecule has 2 fully saturated rings. The Morgan fingerprint density at radius 2 is 2.08 bits per heavy atom. The molecule has 1 saturated carbocycles. The summed E-state index contributed by atoms with van der Waals surface area (Å²) in [7, 11) is -3.13. The Kier molecular flexibility index (Phi) is 4.11. The van der Waals surface area contributed by atoms with E-state index in [1.165, 1.54) is 16.3 Å². The molecule has 3 heterocycles. The van der Waals surface area contributed by atoms with Crippen LogP contribution in [0.2, 0.25) is 0 Å². The molecule has 4 rings (SSSR count). The lowest BCUT2D eigenvalue weighted by molar-refractivity contribution is -0.133. The van der Waals surface area contributed by atoms with Gasteiger partial charge in [0, 0.05) is 24.1 Å². The van der Waals surface area contributed by atoms with Crippen LogP contribution in [0.5, 0.6) is 0 Å². The summed E-state index contributed by atoms with van der Waals surface area (Å²) in [6.45, 7) is 0. The van der Waals surface area contributed by atoms with E-state index in [-0.39, 0.29) is 41.9 Å². The lowest BCUT2D eigenvalue weighted by Gasteiger charge is -2.27. The zero-order valence-corrected chi connectivity index (χ0v) is 15.1. The first-order chi connectivity index (χ1) is 11.9. The molecule has 0 radical (unpaired) electrons. The Bertz CT molecular complexity index is 857. The van der Waals surface area contributed by atoms with Crippen LogP contribution in [0.15, 0.2) is 10.5 Å². The van der Waals surface area contributed by atoms with Crippen LogP contribution in [-0.2, 0) is 19.4 Å². The summed E-state index contributed by atoms with van der Waals surface area (Å²) in [5.74, 6) is -0.124. The zero-order chi connectivity index (χ0) is 17.6. The highest BCUT2D eigenvalue weighted by Crippen LogP contribution is 2.40. The van der Waals surface area contributed by atoms with Crippen LogP contribution in [0.25, 0.3) is 0 Å². The first kappa shape index (κ1) is 16.6. The van der Waals surface area contributed by atoms with E-state index in [0.29, 0.717) is 17.5 Å². The molecule has 1 atom stereocenters. The number of thiazole rings is 1. The van der Waals surface area contributed by atoms with Gasteiger partial charge in [-0.1, -0.05) is 0 Å². The monoisotopic (exact) mass is 382 g/mol. The molecule has 2 amide bonds. The second-order valence-electron chi connectivity index (χ2n) is 6.65. The predicted molar refractivity (Wildman–Crippen MR) is 93.3 cm³/mol. The number of carbonyl (C=O) groups is 2. The second-order valence-corrected chi connectivity index (χ2v) is 9.73. The SMILES string of the molecule is O=C(Nc1nc(C2CC2)cs1)C1=NN([C@@H]2CCS(=O)(=O)C2)C(=O)CC1. The maximum absolute atomic E-state index is 12.4. The molecule has 0 aromatic carbocycles. The fourth-order valence-electron chi connectivity index (χ4n) is 3.07. The van der Waals surface area contributed by atoms with Crippen LogP contribution in [-0.4, -0.2) is 53.5 Å². The van der Waals surface area contributed by atoms with Crippen molar-refractivity contribution in [3.63, 3.8) is 0 Å². The Morgan fingerprint density at radius 1 is 1.28 bits per heavy atom. The molecule has 1 saturated heterocycles. The van der Waals surface area contributed by atoms with Gasteiger partial charge >= 0.3 is 0 Å². The number of sulfone groups is 1. The van der Waals surface area contributed by atoms with Gasteiger partial charge < -0.3 is 0 Å². The van der Waals surface area contributed by atoms with Crippen molar-refractivity contribution in [2.24, 2.45) is 5.10 Å². The standard InChI is InChI=1S/C15H18N4O4S2/c20-13-4-3-11(18-19(13)10-5-6-25(22,23)8-10)14(21)17-15-16-12(7-24-15)9-1-2-9/h7,9-10H,1-6,8H2,(H,16,17,21)/t10-/m1/s1. The van der Waals surface area contributed by atoms with E-state index < -0.39 is 15.9 Å². The van der Waals surface area contributed by atoms with E-state index in [1.54, 1.807) is 0 Å².